The fourth-order valence-corrected chi connectivity index (χ4v) is 4.58. The van der Waals surface area contributed by atoms with Crippen molar-refractivity contribution in [2.75, 3.05) is 24.2 Å². The van der Waals surface area contributed by atoms with Gasteiger partial charge in [-0.25, -0.2) is 0 Å². The van der Waals surface area contributed by atoms with Crippen LogP contribution in [0.5, 0.6) is 0 Å². The van der Waals surface area contributed by atoms with Gasteiger partial charge in [0.15, 0.2) is 4.34 Å². The van der Waals surface area contributed by atoms with Gasteiger partial charge in [0.25, 0.3) is 0 Å². The topological polar surface area (TPSA) is 67.4 Å². The summed E-state index contributed by atoms with van der Waals surface area (Å²) in [6.07, 6.45) is 0.171. The van der Waals surface area contributed by atoms with E-state index in [-0.39, 0.29) is 18.1 Å². The van der Waals surface area contributed by atoms with Gasteiger partial charge >= 0.3 is 0 Å². The van der Waals surface area contributed by atoms with Gasteiger partial charge < -0.3 is 15.0 Å². The predicted octanol–water partition coefficient (Wildman–Crippen LogP) is 3.63. The molecule has 1 aromatic heterocycles. The van der Waals surface area contributed by atoms with Crippen LogP contribution in [0, 0.1) is 13.8 Å². The molecule has 2 aromatic rings. The number of carbonyl (C=O) groups excluding carboxylic acids is 1. The van der Waals surface area contributed by atoms with Gasteiger partial charge in [0, 0.05) is 18.8 Å². The highest BCUT2D eigenvalue weighted by atomic mass is 32.2. The Labute approximate surface area is 162 Å². The molecule has 26 heavy (non-hydrogen) atoms. The van der Waals surface area contributed by atoms with Crippen molar-refractivity contribution in [2.45, 2.75) is 44.2 Å². The van der Waals surface area contributed by atoms with Crippen molar-refractivity contribution in [1.29, 1.82) is 0 Å². The van der Waals surface area contributed by atoms with Gasteiger partial charge in [-0.15, -0.1) is 10.2 Å². The van der Waals surface area contributed by atoms with Crippen molar-refractivity contribution >= 4 is 39.8 Å². The lowest BCUT2D eigenvalue weighted by Crippen LogP contribution is -2.48. The number of morpholine rings is 1. The third-order valence-electron chi connectivity index (χ3n) is 4.34. The van der Waals surface area contributed by atoms with Gasteiger partial charge in [0.1, 0.15) is 0 Å². The molecule has 0 aliphatic carbocycles. The quantitative estimate of drug-likeness (QED) is 0.784. The van der Waals surface area contributed by atoms with Crippen LogP contribution in [0.15, 0.2) is 22.5 Å². The van der Waals surface area contributed by atoms with Crippen LogP contribution in [0.2, 0.25) is 0 Å². The zero-order valence-corrected chi connectivity index (χ0v) is 17.1. The van der Waals surface area contributed by atoms with Crippen molar-refractivity contribution in [1.82, 2.24) is 15.1 Å². The van der Waals surface area contributed by atoms with Crippen molar-refractivity contribution in [3.63, 3.8) is 0 Å². The summed E-state index contributed by atoms with van der Waals surface area (Å²) >= 11 is 2.90. The minimum atomic E-state index is 0.0857. The lowest BCUT2D eigenvalue weighted by atomic mass is 10.1. The number of amides is 1. The SMILES string of the molecule is Cc1cccc(Nc2nnc(SCC(=O)N3CC(C)OC(C)C3)s2)c1C. The number of rotatable bonds is 5. The fourth-order valence-electron chi connectivity index (χ4n) is 2.92. The third-order valence-corrected chi connectivity index (χ3v) is 6.30. The normalized spacial score (nSPS) is 20.2. The second kappa shape index (κ2) is 8.37. The van der Waals surface area contributed by atoms with Crippen molar-refractivity contribution < 1.29 is 9.53 Å². The molecule has 1 fully saturated rings. The number of anilines is 2. The monoisotopic (exact) mass is 392 g/mol. The van der Waals surface area contributed by atoms with Crippen LogP contribution in [0.1, 0.15) is 25.0 Å². The first kappa shape index (κ1) is 19.1. The van der Waals surface area contributed by atoms with E-state index in [1.54, 1.807) is 0 Å². The van der Waals surface area contributed by atoms with Crippen LogP contribution in [0.25, 0.3) is 0 Å². The molecule has 0 spiro atoms. The molecule has 1 aromatic carbocycles. The summed E-state index contributed by atoms with van der Waals surface area (Å²) in [4.78, 5) is 14.3. The fraction of sp³-hybridized carbons (Fsp3) is 0.500. The van der Waals surface area contributed by atoms with E-state index in [4.69, 9.17) is 4.74 Å². The molecule has 3 rings (SSSR count). The number of nitrogens with zero attached hydrogens (tertiary/aromatic N) is 3. The number of ether oxygens (including phenoxy) is 1. The van der Waals surface area contributed by atoms with Crippen LogP contribution >= 0.6 is 23.1 Å². The van der Waals surface area contributed by atoms with E-state index < -0.39 is 0 Å². The number of carbonyl (C=O) groups is 1. The molecule has 2 unspecified atom stereocenters. The summed E-state index contributed by atoms with van der Waals surface area (Å²) in [6.45, 7) is 9.47. The Morgan fingerprint density at radius 3 is 2.77 bits per heavy atom. The van der Waals surface area contributed by atoms with Gasteiger partial charge in [-0.1, -0.05) is 35.2 Å². The molecule has 1 saturated heterocycles. The van der Waals surface area contributed by atoms with E-state index >= 15 is 0 Å². The zero-order chi connectivity index (χ0) is 18.7. The van der Waals surface area contributed by atoms with E-state index in [1.165, 1.54) is 34.2 Å². The first-order chi connectivity index (χ1) is 12.4. The van der Waals surface area contributed by atoms with Crippen LogP contribution in [-0.4, -0.2) is 52.1 Å². The van der Waals surface area contributed by atoms with Gasteiger partial charge in [-0.05, 0) is 44.9 Å². The average Bonchev–Trinajstić information content (AvgIpc) is 3.03. The highest BCUT2D eigenvalue weighted by molar-refractivity contribution is 8.01. The molecule has 8 heteroatoms. The Hall–Kier alpha value is -1.64. The molecule has 1 aliphatic heterocycles. The second-order valence-corrected chi connectivity index (χ2v) is 8.79. The molecule has 0 saturated carbocycles. The predicted molar refractivity (Wildman–Crippen MR) is 106 cm³/mol. The molecule has 1 aliphatic rings. The first-order valence-corrected chi connectivity index (χ1v) is 10.5. The first-order valence-electron chi connectivity index (χ1n) is 8.65. The lowest BCUT2D eigenvalue weighted by molar-refractivity contribution is -0.140. The second-order valence-electron chi connectivity index (χ2n) is 6.59. The molecule has 2 atom stereocenters. The number of aromatic nitrogens is 2. The van der Waals surface area contributed by atoms with Crippen LogP contribution in [0.4, 0.5) is 10.8 Å². The molecule has 0 radical (unpaired) electrons. The minimum Gasteiger partial charge on any atom is -0.372 e. The van der Waals surface area contributed by atoms with Gasteiger partial charge in [0.05, 0.1) is 18.0 Å². The molecule has 1 amide bonds. The summed E-state index contributed by atoms with van der Waals surface area (Å²) in [5, 5.41) is 12.4. The molecule has 2 heterocycles. The van der Waals surface area contributed by atoms with E-state index in [2.05, 4.69) is 35.4 Å². The standard InChI is InChI=1S/C18H24N4O2S2/c1-11-6-5-7-15(14(11)4)19-17-20-21-18(26-17)25-10-16(23)22-8-12(2)24-13(3)9-22/h5-7,12-13H,8-10H2,1-4H3,(H,19,20). The van der Waals surface area contributed by atoms with Crippen LogP contribution in [0.3, 0.4) is 0 Å². The Bertz CT molecular complexity index is 770. The summed E-state index contributed by atoms with van der Waals surface area (Å²) in [6, 6.07) is 6.13. The Morgan fingerprint density at radius 1 is 1.31 bits per heavy atom. The smallest absolute Gasteiger partial charge is 0.233 e. The van der Waals surface area contributed by atoms with Crippen LogP contribution in [-0.2, 0) is 9.53 Å². The summed E-state index contributed by atoms with van der Waals surface area (Å²) < 4.78 is 6.47. The van der Waals surface area contributed by atoms with E-state index in [0.717, 1.165) is 15.2 Å². The lowest BCUT2D eigenvalue weighted by Gasteiger charge is -2.35. The maximum atomic E-state index is 12.4. The highest BCUT2D eigenvalue weighted by Gasteiger charge is 2.25. The molecule has 1 N–H and O–H groups in total. The van der Waals surface area contributed by atoms with Crippen molar-refractivity contribution in [3.8, 4) is 0 Å². The average molecular weight is 393 g/mol. The summed E-state index contributed by atoms with van der Waals surface area (Å²) in [5.74, 6) is 0.494. The number of aryl methyl sites for hydroxylation is 1. The summed E-state index contributed by atoms with van der Waals surface area (Å²) in [5.41, 5.74) is 3.46. The number of hydrogen-bond donors (Lipinski definition) is 1. The maximum absolute atomic E-state index is 12.4. The maximum Gasteiger partial charge on any atom is 0.233 e. The Kier molecular flexibility index (Phi) is 6.16. The molecule has 6 nitrogen and oxygen atoms in total. The van der Waals surface area contributed by atoms with E-state index in [0.29, 0.717) is 18.8 Å². The van der Waals surface area contributed by atoms with E-state index in [1.807, 2.05) is 30.9 Å². The van der Waals surface area contributed by atoms with Gasteiger partial charge in [-0.3, -0.25) is 4.79 Å². The number of thioether (sulfide) groups is 1. The number of hydrogen-bond acceptors (Lipinski definition) is 7. The Morgan fingerprint density at radius 2 is 2.04 bits per heavy atom. The van der Waals surface area contributed by atoms with Crippen molar-refractivity contribution in [3.05, 3.63) is 29.3 Å². The summed E-state index contributed by atoms with van der Waals surface area (Å²) in [7, 11) is 0. The number of nitrogens with one attached hydrogen (secondary N) is 1. The van der Waals surface area contributed by atoms with Gasteiger partial charge in [-0.2, -0.15) is 0 Å². The van der Waals surface area contributed by atoms with Gasteiger partial charge in [0.2, 0.25) is 11.0 Å². The Balaban J connectivity index is 1.55. The third kappa shape index (κ3) is 4.75. The number of benzene rings is 1. The molecular weight excluding hydrogens is 368 g/mol. The highest BCUT2D eigenvalue weighted by Crippen LogP contribution is 2.29. The molecular formula is C18H24N4O2S2. The molecule has 140 valence electrons. The minimum absolute atomic E-state index is 0.0857. The zero-order valence-electron chi connectivity index (χ0n) is 15.5. The van der Waals surface area contributed by atoms with E-state index in [9.17, 15) is 4.79 Å². The molecule has 0 bridgehead atoms. The largest absolute Gasteiger partial charge is 0.372 e. The van der Waals surface area contributed by atoms with Crippen molar-refractivity contribution in [2.24, 2.45) is 0 Å². The van der Waals surface area contributed by atoms with Crippen LogP contribution < -0.4 is 5.32 Å².